The topological polar surface area (TPSA) is 0 Å². The van der Waals surface area contributed by atoms with Crippen molar-refractivity contribution in [3.05, 3.63) is 69.2 Å². The van der Waals surface area contributed by atoms with Crippen molar-refractivity contribution in [2.45, 2.75) is 13.3 Å². The van der Waals surface area contributed by atoms with Gasteiger partial charge < -0.3 is 0 Å². The zero-order valence-corrected chi connectivity index (χ0v) is 10.5. The molecular formula is C14H12Cl2. The third kappa shape index (κ3) is 2.78. The lowest BCUT2D eigenvalue weighted by atomic mass is 10.0. The van der Waals surface area contributed by atoms with E-state index in [1.54, 1.807) is 0 Å². The minimum absolute atomic E-state index is 0.770. The molecule has 0 N–H and O–H groups in total. The van der Waals surface area contributed by atoms with Gasteiger partial charge >= 0.3 is 0 Å². The highest BCUT2D eigenvalue weighted by Gasteiger charge is 2.01. The zero-order chi connectivity index (χ0) is 11.5. The van der Waals surface area contributed by atoms with Crippen LogP contribution in [0.15, 0.2) is 42.5 Å². The molecule has 0 amide bonds. The largest absolute Gasteiger partial charge is 0.0843 e. The smallest absolute Gasteiger partial charge is 0.0409 e. The van der Waals surface area contributed by atoms with E-state index in [-0.39, 0.29) is 0 Å². The second-order valence-electron chi connectivity index (χ2n) is 3.87. The van der Waals surface area contributed by atoms with Gasteiger partial charge in [-0.3, -0.25) is 0 Å². The summed E-state index contributed by atoms with van der Waals surface area (Å²) < 4.78 is 0. The van der Waals surface area contributed by atoms with Gasteiger partial charge in [0, 0.05) is 10.0 Å². The molecule has 0 radical (unpaired) electrons. The molecule has 0 unspecified atom stereocenters. The third-order valence-corrected chi connectivity index (χ3v) is 3.11. The first kappa shape index (κ1) is 11.5. The summed E-state index contributed by atoms with van der Waals surface area (Å²) in [4.78, 5) is 0. The van der Waals surface area contributed by atoms with E-state index < -0.39 is 0 Å². The Morgan fingerprint density at radius 1 is 0.875 bits per heavy atom. The first-order chi connectivity index (χ1) is 7.65. The van der Waals surface area contributed by atoms with Gasteiger partial charge in [0.15, 0.2) is 0 Å². The monoisotopic (exact) mass is 250 g/mol. The van der Waals surface area contributed by atoms with E-state index in [1.807, 2.05) is 42.5 Å². The van der Waals surface area contributed by atoms with Crippen LogP contribution in [-0.2, 0) is 6.42 Å². The van der Waals surface area contributed by atoms with E-state index >= 15 is 0 Å². The van der Waals surface area contributed by atoms with E-state index in [0.717, 1.165) is 16.5 Å². The summed E-state index contributed by atoms with van der Waals surface area (Å²) in [6, 6.07) is 13.9. The van der Waals surface area contributed by atoms with E-state index in [0.29, 0.717) is 0 Å². The van der Waals surface area contributed by atoms with Gasteiger partial charge in [0.1, 0.15) is 0 Å². The summed E-state index contributed by atoms with van der Waals surface area (Å²) in [5.41, 5.74) is 3.77. The van der Waals surface area contributed by atoms with Gasteiger partial charge in [-0.2, -0.15) is 0 Å². The molecule has 0 aliphatic rings. The quantitative estimate of drug-likeness (QED) is 0.712. The SMILES string of the molecule is Cc1ccc(Cl)cc1Cc1ccc(Cl)cc1. The molecule has 82 valence electrons. The molecule has 16 heavy (non-hydrogen) atoms. The van der Waals surface area contributed by atoms with Crippen molar-refractivity contribution in [1.82, 2.24) is 0 Å². The Morgan fingerprint density at radius 3 is 2.19 bits per heavy atom. The average molecular weight is 251 g/mol. The molecular weight excluding hydrogens is 239 g/mol. The van der Waals surface area contributed by atoms with Gasteiger partial charge in [-0.25, -0.2) is 0 Å². The molecule has 2 aromatic carbocycles. The standard InChI is InChI=1S/C14H12Cl2/c1-10-2-5-14(16)9-12(10)8-11-3-6-13(15)7-4-11/h2-7,9H,8H2,1H3. The summed E-state index contributed by atoms with van der Waals surface area (Å²) >= 11 is 11.8. The van der Waals surface area contributed by atoms with Gasteiger partial charge in [0.05, 0.1) is 0 Å². The van der Waals surface area contributed by atoms with Crippen LogP contribution in [-0.4, -0.2) is 0 Å². The molecule has 0 nitrogen and oxygen atoms in total. The summed E-state index contributed by atoms with van der Waals surface area (Å²) in [5, 5.41) is 1.56. The maximum Gasteiger partial charge on any atom is 0.0409 e. The van der Waals surface area contributed by atoms with Crippen molar-refractivity contribution in [3.8, 4) is 0 Å². The molecule has 2 heteroatoms. The second-order valence-corrected chi connectivity index (χ2v) is 4.75. The lowest BCUT2D eigenvalue weighted by molar-refractivity contribution is 1.16. The molecule has 0 fully saturated rings. The Bertz CT molecular complexity index is 487. The van der Waals surface area contributed by atoms with E-state index in [4.69, 9.17) is 23.2 Å². The Kier molecular flexibility index (Phi) is 3.52. The number of aryl methyl sites for hydroxylation is 1. The van der Waals surface area contributed by atoms with Crippen LogP contribution < -0.4 is 0 Å². The molecule has 0 saturated heterocycles. The Balaban J connectivity index is 2.26. The first-order valence-electron chi connectivity index (χ1n) is 5.14. The highest BCUT2D eigenvalue weighted by molar-refractivity contribution is 6.30. The Hall–Kier alpha value is -0.980. The van der Waals surface area contributed by atoms with Gasteiger partial charge in [-0.15, -0.1) is 0 Å². The first-order valence-corrected chi connectivity index (χ1v) is 5.90. The average Bonchev–Trinajstić information content (AvgIpc) is 2.27. The van der Waals surface area contributed by atoms with Crippen molar-refractivity contribution in [2.75, 3.05) is 0 Å². The summed E-state index contributed by atoms with van der Waals surface area (Å²) in [5.74, 6) is 0. The Morgan fingerprint density at radius 2 is 1.50 bits per heavy atom. The van der Waals surface area contributed by atoms with E-state index in [2.05, 4.69) is 6.92 Å². The fourth-order valence-corrected chi connectivity index (χ4v) is 1.97. The normalized spacial score (nSPS) is 10.4. The number of hydrogen-bond acceptors (Lipinski definition) is 0. The van der Waals surface area contributed by atoms with Crippen LogP contribution in [0, 0.1) is 6.92 Å². The minimum atomic E-state index is 0.770. The third-order valence-electron chi connectivity index (χ3n) is 2.62. The lowest BCUT2D eigenvalue weighted by Gasteiger charge is -2.06. The second kappa shape index (κ2) is 4.90. The van der Waals surface area contributed by atoms with Gasteiger partial charge in [0.2, 0.25) is 0 Å². The highest BCUT2D eigenvalue weighted by atomic mass is 35.5. The van der Waals surface area contributed by atoms with Crippen LogP contribution in [0.1, 0.15) is 16.7 Å². The van der Waals surface area contributed by atoms with Crippen LogP contribution in [0.2, 0.25) is 10.0 Å². The fourth-order valence-electron chi connectivity index (χ4n) is 1.65. The molecule has 0 bridgehead atoms. The molecule has 0 aliphatic heterocycles. The van der Waals surface area contributed by atoms with Crippen molar-refractivity contribution < 1.29 is 0 Å². The summed E-state index contributed by atoms with van der Waals surface area (Å²) in [6.45, 7) is 2.10. The maximum atomic E-state index is 5.99. The van der Waals surface area contributed by atoms with Gasteiger partial charge in [0.25, 0.3) is 0 Å². The van der Waals surface area contributed by atoms with Crippen molar-refractivity contribution in [1.29, 1.82) is 0 Å². The van der Waals surface area contributed by atoms with Crippen molar-refractivity contribution >= 4 is 23.2 Å². The predicted molar refractivity (Wildman–Crippen MR) is 70.4 cm³/mol. The highest BCUT2D eigenvalue weighted by Crippen LogP contribution is 2.19. The van der Waals surface area contributed by atoms with Crippen LogP contribution in [0.3, 0.4) is 0 Å². The molecule has 0 heterocycles. The molecule has 0 atom stereocenters. The molecule has 0 aliphatic carbocycles. The number of rotatable bonds is 2. The van der Waals surface area contributed by atoms with Gasteiger partial charge in [-0.05, 0) is 54.3 Å². The zero-order valence-electron chi connectivity index (χ0n) is 9.00. The number of benzene rings is 2. The fraction of sp³-hybridized carbons (Fsp3) is 0.143. The summed E-state index contributed by atoms with van der Waals surface area (Å²) in [6.07, 6.45) is 0.892. The van der Waals surface area contributed by atoms with Crippen LogP contribution in [0.25, 0.3) is 0 Å². The molecule has 0 saturated carbocycles. The van der Waals surface area contributed by atoms with Crippen LogP contribution in [0.5, 0.6) is 0 Å². The van der Waals surface area contributed by atoms with Crippen LogP contribution in [0.4, 0.5) is 0 Å². The molecule has 0 aromatic heterocycles. The van der Waals surface area contributed by atoms with E-state index in [9.17, 15) is 0 Å². The van der Waals surface area contributed by atoms with Crippen molar-refractivity contribution in [3.63, 3.8) is 0 Å². The van der Waals surface area contributed by atoms with Crippen molar-refractivity contribution in [2.24, 2.45) is 0 Å². The van der Waals surface area contributed by atoms with Crippen LogP contribution >= 0.6 is 23.2 Å². The van der Waals surface area contributed by atoms with E-state index in [1.165, 1.54) is 16.7 Å². The molecule has 2 rings (SSSR count). The Labute approximate surface area is 106 Å². The summed E-state index contributed by atoms with van der Waals surface area (Å²) in [7, 11) is 0. The van der Waals surface area contributed by atoms with Gasteiger partial charge in [-0.1, -0.05) is 41.4 Å². The minimum Gasteiger partial charge on any atom is -0.0843 e. The number of halogens is 2. The lowest BCUT2D eigenvalue weighted by Crippen LogP contribution is -1.91. The molecule has 0 spiro atoms. The predicted octanol–water partition coefficient (Wildman–Crippen LogP) is 4.89. The number of hydrogen-bond donors (Lipinski definition) is 0. The maximum absolute atomic E-state index is 5.99. The molecule has 2 aromatic rings.